The van der Waals surface area contributed by atoms with Gasteiger partial charge in [0.25, 0.3) is 5.91 Å². The molecule has 0 aromatic heterocycles. The summed E-state index contributed by atoms with van der Waals surface area (Å²) in [6.07, 6.45) is -11.9. The minimum absolute atomic E-state index is 0.0717. The lowest BCUT2D eigenvalue weighted by molar-refractivity contribution is -0.143. The van der Waals surface area contributed by atoms with Crippen LogP contribution in [0.1, 0.15) is 67.4 Å². The van der Waals surface area contributed by atoms with Crippen LogP contribution in [0.4, 0.5) is 30.7 Å². The fraction of sp³-hybridized carbons (Fsp3) is 0.519. The number of nitrogens with zero attached hydrogens (tertiary/aromatic N) is 1. The van der Waals surface area contributed by atoms with Crippen LogP contribution in [0.3, 0.4) is 0 Å². The van der Waals surface area contributed by atoms with Crippen molar-refractivity contribution in [2.45, 2.75) is 75.2 Å². The van der Waals surface area contributed by atoms with Crippen LogP contribution in [-0.4, -0.2) is 40.7 Å². The van der Waals surface area contributed by atoms with Crippen molar-refractivity contribution in [3.63, 3.8) is 0 Å². The molecule has 2 aromatic rings. The number of likely N-dealkylation sites (tertiary alicyclic amines) is 1. The Kier molecular flexibility index (Phi) is 7.33. The number of alkyl halides is 6. The van der Waals surface area contributed by atoms with E-state index in [9.17, 15) is 40.6 Å². The normalized spacial score (nSPS) is 29.2. The van der Waals surface area contributed by atoms with Gasteiger partial charge in [0.05, 0.1) is 23.3 Å². The van der Waals surface area contributed by atoms with Gasteiger partial charge in [-0.1, -0.05) is 12.1 Å². The van der Waals surface area contributed by atoms with E-state index in [-0.39, 0.29) is 24.0 Å². The highest BCUT2D eigenvalue weighted by Gasteiger charge is 2.55. The average Bonchev–Trinajstić information content (AvgIpc) is 3.33. The van der Waals surface area contributed by atoms with E-state index in [2.05, 4.69) is 0 Å². The molecule has 0 radical (unpaired) electrons. The van der Waals surface area contributed by atoms with Gasteiger partial charge < -0.3 is 14.7 Å². The summed E-state index contributed by atoms with van der Waals surface area (Å²) in [6, 6.07) is 7.01. The van der Waals surface area contributed by atoms with Crippen molar-refractivity contribution in [3.8, 4) is 0 Å². The molecule has 6 atom stereocenters. The number of benzene rings is 2. The molecule has 1 saturated heterocycles. The molecule has 0 bridgehead atoms. The van der Waals surface area contributed by atoms with E-state index in [1.807, 2.05) is 6.92 Å². The largest absolute Gasteiger partial charge is 0.416 e. The molecule has 4 rings (SSSR count). The predicted molar refractivity (Wildman–Crippen MR) is 123 cm³/mol. The van der Waals surface area contributed by atoms with Crippen LogP contribution >= 0.6 is 0 Å². The van der Waals surface area contributed by atoms with Gasteiger partial charge in [-0.15, -0.1) is 0 Å². The number of amides is 1. The number of ether oxygens (including phenoxy) is 1. The van der Waals surface area contributed by atoms with E-state index < -0.39 is 65.0 Å². The summed E-state index contributed by atoms with van der Waals surface area (Å²) in [7, 11) is 1.58. The topological polar surface area (TPSA) is 49.8 Å². The first-order valence-corrected chi connectivity index (χ1v) is 12.2. The Morgan fingerprint density at radius 3 is 2.03 bits per heavy atom. The molecule has 1 N–H and O–H groups in total. The molecule has 11 heteroatoms. The second-order valence-electron chi connectivity index (χ2n) is 10.4. The van der Waals surface area contributed by atoms with Gasteiger partial charge in [0.15, 0.2) is 0 Å². The van der Waals surface area contributed by atoms with E-state index in [1.165, 1.54) is 24.0 Å². The Bertz CT molecular complexity index is 1150. The van der Waals surface area contributed by atoms with Crippen LogP contribution in [0.2, 0.25) is 0 Å². The highest BCUT2D eigenvalue weighted by atomic mass is 19.4. The van der Waals surface area contributed by atoms with Gasteiger partial charge in [-0.05, 0) is 74.1 Å². The van der Waals surface area contributed by atoms with Gasteiger partial charge >= 0.3 is 12.4 Å². The highest BCUT2D eigenvalue weighted by molar-refractivity contribution is 5.84. The molecule has 2 fully saturated rings. The molecule has 4 nitrogen and oxygen atoms in total. The third kappa shape index (κ3) is 5.27. The minimum atomic E-state index is -4.99. The predicted octanol–water partition coefficient (Wildman–Crippen LogP) is 6.49. The fourth-order valence-electron chi connectivity index (χ4n) is 5.99. The van der Waals surface area contributed by atoms with Crippen LogP contribution in [0.15, 0.2) is 42.5 Å². The highest BCUT2D eigenvalue weighted by Crippen LogP contribution is 2.52. The van der Waals surface area contributed by atoms with Crippen molar-refractivity contribution in [3.05, 3.63) is 70.5 Å². The molecule has 2 aromatic carbocycles. The first-order chi connectivity index (χ1) is 17.5. The second-order valence-corrected chi connectivity index (χ2v) is 10.4. The van der Waals surface area contributed by atoms with Crippen molar-refractivity contribution >= 4 is 5.91 Å². The molecular weight excluding hydrogens is 519 g/mol. The fourth-order valence-corrected chi connectivity index (χ4v) is 5.99. The van der Waals surface area contributed by atoms with Crippen molar-refractivity contribution in [1.29, 1.82) is 0 Å². The lowest BCUT2D eigenvalue weighted by Crippen LogP contribution is -2.48. The minimum Gasteiger partial charge on any atom is -0.383 e. The zero-order chi connectivity index (χ0) is 28.2. The van der Waals surface area contributed by atoms with Crippen molar-refractivity contribution in [2.24, 2.45) is 5.92 Å². The standard InChI is InChI=1S/C27H28F7NO3/c1-14(16-10-17(26(29,30)31)12-18(11-16)27(32,33)34)38-22-9-8-20(23(22)15-4-6-19(28)7-5-15)25(2)13-21(36)24(37)35(25)3/h4-7,10-12,14,20-23,36H,8-9,13H2,1-3H3/t14-,20-,21-,22+,23+,25-/m1/s1. The van der Waals surface area contributed by atoms with Gasteiger partial charge in [0, 0.05) is 24.9 Å². The van der Waals surface area contributed by atoms with Crippen molar-refractivity contribution in [2.75, 3.05) is 7.05 Å². The van der Waals surface area contributed by atoms with Crippen LogP contribution < -0.4 is 0 Å². The number of carbonyl (C=O) groups is 1. The Morgan fingerprint density at radius 1 is 1.00 bits per heavy atom. The van der Waals surface area contributed by atoms with Gasteiger partial charge in [0.1, 0.15) is 11.9 Å². The van der Waals surface area contributed by atoms with Crippen LogP contribution in [0, 0.1) is 11.7 Å². The molecular formula is C27H28F7NO3. The first-order valence-electron chi connectivity index (χ1n) is 12.2. The maximum Gasteiger partial charge on any atom is 0.416 e. The summed E-state index contributed by atoms with van der Waals surface area (Å²) in [5.41, 5.74) is -3.26. The quantitative estimate of drug-likeness (QED) is 0.436. The number of aliphatic hydroxyl groups is 1. The SMILES string of the molecule is C[C@@H](O[C@H]1CC[C@@H]([C@@]2(C)C[C@@H](O)C(=O)N2C)[C@@H]1c1ccc(F)cc1)c1cc(C(F)(F)F)cc(C(F)(F)F)c1. The Hall–Kier alpha value is -2.66. The molecule has 38 heavy (non-hydrogen) atoms. The number of likely N-dealkylation sites (N-methyl/N-ethyl adjacent to an activating group) is 1. The molecule has 208 valence electrons. The van der Waals surface area contributed by atoms with Crippen molar-refractivity contribution in [1.82, 2.24) is 4.90 Å². The molecule has 1 saturated carbocycles. The van der Waals surface area contributed by atoms with Gasteiger partial charge in [-0.25, -0.2) is 4.39 Å². The monoisotopic (exact) mass is 547 g/mol. The first kappa shape index (κ1) is 28.4. The Labute approximate surface area is 215 Å². The summed E-state index contributed by atoms with van der Waals surface area (Å²) in [6.45, 7) is 3.22. The number of halogens is 7. The Morgan fingerprint density at radius 2 is 1.55 bits per heavy atom. The van der Waals surface area contributed by atoms with Gasteiger partial charge in [-0.3, -0.25) is 4.79 Å². The molecule has 1 aliphatic carbocycles. The third-order valence-electron chi connectivity index (χ3n) is 8.10. The summed E-state index contributed by atoms with van der Waals surface area (Å²) in [4.78, 5) is 13.9. The number of hydrogen-bond donors (Lipinski definition) is 1. The molecule has 1 aliphatic heterocycles. The second kappa shape index (κ2) is 9.82. The molecule has 2 aliphatic rings. The van der Waals surface area contributed by atoms with E-state index in [0.717, 1.165) is 0 Å². The summed E-state index contributed by atoms with van der Waals surface area (Å²) < 4.78 is 100. The number of hydrogen-bond acceptors (Lipinski definition) is 3. The maximum absolute atomic E-state index is 13.7. The van der Waals surface area contributed by atoms with Crippen LogP contribution in [0.25, 0.3) is 0 Å². The van der Waals surface area contributed by atoms with Crippen LogP contribution in [0.5, 0.6) is 0 Å². The average molecular weight is 548 g/mol. The lowest BCUT2D eigenvalue weighted by atomic mass is 9.73. The van der Waals surface area contributed by atoms with E-state index >= 15 is 0 Å². The molecule has 1 heterocycles. The number of carbonyl (C=O) groups excluding carboxylic acids is 1. The van der Waals surface area contributed by atoms with E-state index in [1.54, 1.807) is 19.2 Å². The maximum atomic E-state index is 13.7. The zero-order valence-electron chi connectivity index (χ0n) is 20.9. The molecule has 1 amide bonds. The van der Waals surface area contributed by atoms with Gasteiger partial charge in [-0.2, -0.15) is 26.3 Å². The van der Waals surface area contributed by atoms with Crippen LogP contribution in [-0.2, 0) is 21.9 Å². The van der Waals surface area contributed by atoms with E-state index in [0.29, 0.717) is 30.5 Å². The summed E-state index contributed by atoms with van der Waals surface area (Å²) in [5.74, 6) is -1.65. The summed E-state index contributed by atoms with van der Waals surface area (Å²) >= 11 is 0. The molecule has 0 unspecified atom stereocenters. The van der Waals surface area contributed by atoms with Crippen molar-refractivity contribution < 1.29 is 45.4 Å². The Balaban J connectivity index is 1.70. The third-order valence-corrected chi connectivity index (χ3v) is 8.10. The van der Waals surface area contributed by atoms with E-state index in [4.69, 9.17) is 4.74 Å². The number of aliphatic hydroxyl groups excluding tert-OH is 1. The number of rotatable bonds is 5. The molecule has 0 spiro atoms. The smallest absolute Gasteiger partial charge is 0.383 e. The lowest BCUT2D eigenvalue weighted by Gasteiger charge is -2.42. The zero-order valence-corrected chi connectivity index (χ0v) is 20.9. The van der Waals surface area contributed by atoms with Gasteiger partial charge in [0.2, 0.25) is 0 Å². The summed E-state index contributed by atoms with van der Waals surface area (Å²) in [5, 5.41) is 10.2.